The van der Waals surface area contributed by atoms with Gasteiger partial charge in [-0.15, -0.1) is 0 Å². The normalized spacial score (nSPS) is 41.6. The molecule has 18 heavy (non-hydrogen) atoms. The fourth-order valence-electron chi connectivity index (χ4n) is 3.35. The average molecular weight is 319 g/mol. The van der Waals surface area contributed by atoms with Crippen LogP contribution in [-0.4, -0.2) is 71.5 Å². The van der Waals surface area contributed by atoms with Crippen LogP contribution in [0.2, 0.25) is 0 Å². The summed E-state index contributed by atoms with van der Waals surface area (Å²) in [6.07, 6.45) is 0. The highest BCUT2D eigenvalue weighted by atomic mass is 79.9. The summed E-state index contributed by atoms with van der Waals surface area (Å²) < 4.78 is 0.927. The zero-order chi connectivity index (χ0) is 12.3. The van der Waals surface area contributed by atoms with E-state index in [1.54, 1.807) is 0 Å². The van der Waals surface area contributed by atoms with E-state index in [1.165, 1.54) is 0 Å². The van der Waals surface area contributed by atoms with Crippen molar-refractivity contribution < 1.29 is 26.3 Å². The first kappa shape index (κ1) is 14.4. The number of halogens is 1. The fourth-order valence-corrected chi connectivity index (χ4v) is 3.35. The molecule has 4 heterocycles. The number of ketones is 1. The zero-order valence-electron chi connectivity index (χ0n) is 11.5. The third kappa shape index (κ3) is 2.49. The van der Waals surface area contributed by atoms with Crippen LogP contribution in [0, 0.1) is 5.41 Å². The molecule has 0 atom stereocenters. The van der Waals surface area contributed by atoms with Crippen molar-refractivity contribution in [1.82, 2.24) is 14.7 Å². The predicted octanol–water partition coefficient (Wildman–Crippen LogP) is -2.89. The van der Waals surface area contributed by atoms with Crippen molar-refractivity contribution in [3.63, 3.8) is 0 Å². The second kappa shape index (κ2) is 4.52. The zero-order valence-corrected chi connectivity index (χ0v) is 13.1. The SMILES string of the molecule is CC(C)(C)C(=O)C[N+]12CN3CN(CN(C3)C1)C2.[Br-]. The van der Waals surface area contributed by atoms with E-state index in [2.05, 4.69) is 14.7 Å². The Kier molecular flexibility index (Phi) is 3.62. The summed E-state index contributed by atoms with van der Waals surface area (Å²) in [5.74, 6) is 0.392. The lowest BCUT2D eigenvalue weighted by molar-refractivity contribution is -0.973. The molecule has 0 radical (unpaired) electrons. The van der Waals surface area contributed by atoms with Crippen LogP contribution in [0.15, 0.2) is 0 Å². The van der Waals surface area contributed by atoms with Crippen LogP contribution in [0.5, 0.6) is 0 Å². The van der Waals surface area contributed by atoms with Crippen LogP contribution in [0.1, 0.15) is 20.8 Å². The van der Waals surface area contributed by atoms with Crippen LogP contribution >= 0.6 is 0 Å². The molecule has 0 unspecified atom stereocenters. The molecule has 0 spiro atoms. The minimum Gasteiger partial charge on any atom is -1.00 e. The summed E-state index contributed by atoms with van der Waals surface area (Å²) in [6.45, 7) is 13.2. The summed E-state index contributed by atoms with van der Waals surface area (Å²) in [4.78, 5) is 19.6. The molecule has 0 saturated carbocycles. The molecule has 4 aliphatic rings. The molecule has 0 aromatic carbocycles. The molecule has 0 aromatic rings. The largest absolute Gasteiger partial charge is 1.00 e. The van der Waals surface area contributed by atoms with Crippen molar-refractivity contribution in [2.75, 3.05) is 46.6 Å². The van der Waals surface area contributed by atoms with E-state index in [-0.39, 0.29) is 22.4 Å². The monoisotopic (exact) mass is 318 g/mol. The van der Waals surface area contributed by atoms with E-state index < -0.39 is 0 Å². The Balaban J connectivity index is 0.00000120. The Labute approximate surface area is 120 Å². The molecule has 6 heteroatoms. The summed E-state index contributed by atoms with van der Waals surface area (Å²) >= 11 is 0. The average Bonchev–Trinajstić information content (AvgIpc) is 2.12. The molecule has 4 bridgehead atoms. The van der Waals surface area contributed by atoms with Gasteiger partial charge in [-0.2, -0.15) is 0 Å². The Bertz CT molecular complexity index is 317. The van der Waals surface area contributed by atoms with Crippen molar-refractivity contribution in [2.45, 2.75) is 20.8 Å². The van der Waals surface area contributed by atoms with Crippen molar-refractivity contribution in [3.05, 3.63) is 0 Å². The second-order valence-corrected chi connectivity index (χ2v) is 7.03. The van der Waals surface area contributed by atoms with Crippen LogP contribution in [0.3, 0.4) is 0 Å². The highest BCUT2D eigenvalue weighted by Gasteiger charge is 2.50. The summed E-state index contributed by atoms with van der Waals surface area (Å²) in [7, 11) is 0. The molecule has 0 aliphatic carbocycles. The Morgan fingerprint density at radius 2 is 1.39 bits per heavy atom. The maximum absolute atomic E-state index is 12.3. The minimum atomic E-state index is -0.207. The van der Waals surface area contributed by atoms with Gasteiger partial charge in [0.1, 0.15) is 26.6 Å². The maximum atomic E-state index is 12.3. The van der Waals surface area contributed by atoms with Crippen molar-refractivity contribution in [2.24, 2.45) is 5.41 Å². The summed E-state index contributed by atoms with van der Waals surface area (Å²) in [5, 5.41) is 0. The number of carbonyl (C=O) groups is 1. The summed E-state index contributed by atoms with van der Waals surface area (Å²) in [6, 6.07) is 0. The Hall–Kier alpha value is -0.01000. The van der Waals surface area contributed by atoms with E-state index in [9.17, 15) is 4.79 Å². The van der Waals surface area contributed by atoms with Gasteiger partial charge in [-0.3, -0.25) is 9.28 Å². The molecule has 0 N–H and O–H groups in total. The van der Waals surface area contributed by atoms with E-state index in [4.69, 9.17) is 0 Å². The smallest absolute Gasteiger partial charge is 0.192 e. The minimum absolute atomic E-state index is 0. The maximum Gasteiger partial charge on any atom is 0.192 e. The molecule has 0 amide bonds. The van der Waals surface area contributed by atoms with Gasteiger partial charge in [-0.25, -0.2) is 14.7 Å². The van der Waals surface area contributed by atoms with Gasteiger partial charge in [0, 0.05) is 5.41 Å². The van der Waals surface area contributed by atoms with Gasteiger partial charge in [0.15, 0.2) is 5.78 Å². The van der Waals surface area contributed by atoms with Crippen molar-refractivity contribution >= 4 is 5.78 Å². The Morgan fingerprint density at radius 3 is 1.72 bits per heavy atom. The first-order chi connectivity index (χ1) is 7.86. The molecule has 0 aromatic heterocycles. The first-order valence-corrected chi connectivity index (χ1v) is 6.42. The molecular formula is C12H23BrN4O. The van der Waals surface area contributed by atoms with Gasteiger partial charge in [-0.05, 0) is 0 Å². The standard InChI is InChI=1S/C12H23N4O.BrH/c1-12(2,3)11(17)4-16-8-13-5-14(9-16)7-15(6-13)10-16;/h4-10H2,1-3H3;1H/q+1;/p-1. The third-order valence-corrected chi connectivity index (χ3v) is 4.02. The molecule has 4 saturated heterocycles. The molecular weight excluding hydrogens is 296 g/mol. The molecule has 4 fully saturated rings. The van der Waals surface area contributed by atoms with E-state index in [0.29, 0.717) is 12.3 Å². The molecule has 104 valence electrons. The third-order valence-electron chi connectivity index (χ3n) is 4.02. The van der Waals surface area contributed by atoms with E-state index >= 15 is 0 Å². The van der Waals surface area contributed by atoms with E-state index in [1.807, 2.05) is 20.8 Å². The van der Waals surface area contributed by atoms with Crippen LogP contribution in [0.4, 0.5) is 0 Å². The quantitative estimate of drug-likeness (QED) is 0.511. The second-order valence-electron chi connectivity index (χ2n) is 7.03. The van der Waals surface area contributed by atoms with Gasteiger partial charge >= 0.3 is 0 Å². The van der Waals surface area contributed by atoms with Crippen LogP contribution in [0.25, 0.3) is 0 Å². The first-order valence-electron chi connectivity index (χ1n) is 6.42. The molecule has 4 aliphatic heterocycles. The highest BCUT2D eigenvalue weighted by molar-refractivity contribution is 5.84. The number of hydrogen-bond donors (Lipinski definition) is 0. The van der Waals surface area contributed by atoms with Gasteiger partial charge in [0.25, 0.3) is 0 Å². The van der Waals surface area contributed by atoms with E-state index in [0.717, 1.165) is 44.5 Å². The predicted molar refractivity (Wildman–Crippen MR) is 64.3 cm³/mol. The number of rotatable bonds is 2. The lowest BCUT2D eigenvalue weighted by atomic mass is 9.90. The molecule has 5 nitrogen and oxygen atoms in total. The highest BCUT2D eigenvalue weighted by Crippen LogP contribution is 2.30. The lowest BCUT2D eigenvalue weighted by Crippen LogP contribution is -3.00. The lowest BCUT2D eigenvalue weighted by Gasteiger charge is -2.60. The number of Topliss-reactive ketones (excluding diaryl/α,β-unsaturated/α-hetero) is 1. The van der Waals surface area contributed by atoms with Crippen molar-refractivity contribution in [3.8, 4) is 0 Å². The van der Waals surface area contributed by atoms with Gasteiger partial charge < -0.3 is 17.0 Å². The number of hydrogen-bond acceptors (Lipinski definition) is 4. The van der Waals surface area contributed by atoms with Crippen molar-refractivity contribution in [1.29, 1.82) is 0 Å². The number of quaternary nitrogens is 1. The van der Waals surface area contributed by atoms with Gasteiger partial charge in [0.2, 0.25) is 0 Å². The number of nitrogens with zero attached hydrogens (tertiary/aromatic N) is 4. The Morgan fingerprint density at radius 1 is 1.00 bits per heavy atom. The van der Waals surface area contributed by atoms with Crippen LogP contribution < -0.4 is 17.0 Å². The number of carbonyl (C=O) groups excluding carboxylic acids is 1. The summed E-state index contributed by atoms with van der Waals surface area (Å²) in [5.41, 5.74) is -0.207. The molecule has 4 rings (SSSR count). The topological polar surface area (TPSA) is 26.8 Å². The van der Waals surface area contributed by atoms with Gasteiger partial charge in [-0.1, -0.05) is 20.8 Å². The fraction of sp³-hybridized carbons (Fsp3) is 0.917. The van der Waals surface area contributed by atoms with Crippen LogP contribution in [-0.2, 0) is 4.79 Å². The van der Waals surface area contributed by atoms with Gasteiger partial charge in [0.05, 0.1) is 20.0 Å².